The highest BCUT2D eigenvalue weighted by molar-refractivity contribution is 6.30. The van der Waals surface area contributed by atoms with Crippen LogP contribution in [0, 0.1) is 0 Å². The first-order chi connectivity index (χ1) is 9.99. The number of rotatable bonds is 4. The van der Waals surface area contributed by atoms with Gasteiger partial charge >= 0.3 is 5.97 Å². The fourth-order valence-corrected chi connectivity index (χ4v) is 1.88. The fourth-order valence-electron chi connectivity index (χ4n) is 1.69. The minimum absolute atomic E-state index is 0.0203. The minimum atomic E-state index is -0.651. The molecule has 110 valence electrons. The Kier molecular flexibility index (Phi) is 4.44. The summed E-state index contributed by atoms with van der Waals surface area (Å²) in [6.07, 6.45) is 1.39. The number of hydrogen-bond donors (Lipinski definition) is 2. The van der Waals surface area contributed by atoms with Crippen molar-refractivity contribution < 1.29 is 14.3 Å². The highest BCUT2D eigenvalue weighted by atomic mass is 35.5. The number of nitrogens with zero attached hydrogens (tertiary/aromatic N) is 2. The van der Waals surface area contributed by atoms with E-state index >= 15 is 0 Å². The van der Waals surface area contributed by atoms with Crippen molar-refractivity contribution >= 4 is 34.9 Å². The number of carbonyl (C=O) groups excluding carboxylic acids is 2. The Bertz CT molecular complexity index is 684. The third kappa shape index (κ3) is 3.73. The van der Waals surface area contributed by atoms with Gasteiger partial charge in [-0.25, -0.2) is 4.79 Å². The van der Waals surface area contributed by atoms with Crippen molar-refractivity contribution in [1.82, 2.24) is 9.78 Å². The highest BCUT2D eigenvalue weighted by Gasteiger charge is 2.16. The summed E-state index contributed by atoms with van der Waals surface area (Å²) < 4.78 is 5.80. The Labute approximate surface area is 125 Å². The molecular formula is C13H13ClN4O3. The molecule has 0 bridgehead atoms. The van der Waals surface area contributed by atoms with E-state index in [0.717, 1.165) is 0 Å². The predicted octanol–water partition coefficient (Wildman–Crippen LogP) is 1.54. The zero-order chi connectivity index (χ0) is 15.4. The molecule has 0 aliphatic heterocycles. The van der Waals surface area contributed by atoms with Gasteiger partial charge in [0.1, 0.15) is 6.54 Å². The summed E-state index contributed by atoms with van der Waals surface area (Å²) in [7, 11) is 1.23. The lowest BCUT2D eigenvalue weighted by Crippen LogP contribution is -2.19. The number of hydrogen-bond acceptors (Lipinski definition) is 5. The Morgan fingerprint density at radius 2 is 2.24 bits per heavy atom. The average Bonchev–Trinajstić information content (AvgIpc) is 2.78. The summed E-state index contributed by atoms with van der Waals surface area (Å²) >= 11 is 5.83. The van der Waals surface area contributed by atoms with Crippen LogP contribution in [0.1, 0.15) is 10.5 Å². The first kappa shape index (κ1) is 14.9. The molecule has 0 saturated carbocycles. The molecule has 0 unspecified atom stereocenters. The Hall–Kier alpha value is -2.54. The van der Waals surface area contributed by atoms with Gasteiger partial charge in [0.2, 0.25) is 5.91 Å². The molecule has 3 N–H and O–H groups in total. The Balaban J connectivity index is 2.05. The third-order valence-electron chi connectivity index (χ3n) is 2.58. The van der Waals surface area contributed by atoms with Gasteiger partial charge in [0.05, 0.1) is 12.8 Å². The molecule has 0 saturated heterocycles. The van der Waals surface area contributed by atoms with E-state index < -0.39 is 5.97 Å². The monoisotopic (exact) mass is 308 g/mol. The van der Waals surface area contributed by atoms with Crippen LogP contribution in [0.2, 0.25) is 5.02 Å². The number of anilines is 2. The Morgan fingerprint density at radius 3 is 2.90 bits per heavy atom. The molecule has 0 fully saturated rings. The number of halogens is 1. The van der Waals surface area contributed by atoms with E-state index in [1.54, 1.807) is 24.3 Å². The number of esters is 1. The number of ether oxygens (including phenoxy) is 1. The molecule has 1 heterocycles. The van der Waals surface area contributed by atoms with Crippen LogP contribution >= 0.6 is 11.6 Å². The minimum Gasteiger partial charge on any atom is -0.464 e. The van der Waals surface area contributed by atoms with Gasteiger partial charge in [0, 0.05) is 16.9 Å². The second-order valence-electron chi connectivity index (χ2n) is 4.18. The number of nitrogen functional groups attached to an aromatic ring is 1. The average molecular weight is 309 g/mol. The molecule has 1 aromatic carbocycles. The molecule has 1 aromatic heterocycles. The molecule has 7 nitrogen and oxygen atoms in total. The van der Waals surface area contributed by atoms with Crippen LogP contribution in [0.5, 0.6) is 0 Å². The van der Waals surface area contributed by atoms with E-state index in [9.17, 15) is 9.59 Å². The first-order valence-corrected chi connectivity index (χ1v) is 6.34. The third-order valence-corrected chi connectivity index (χ3v) is 2.82. The molecule has 1 amide bonds. The number of benzene rings is 1. The van der Waals surface area contributed by atoms with Crippen LogP contribution in [0.25, 0.3) is 0 Å². The number of carbonyl (C=O) groups is 2. The second-order valence-corrected chi connectivity index (χ2v) is 4.62. The van der Waals surface area contributed by atoms with Crippen LogP contribution < -0.4 is 11.1 Å². The molecule has 0 atom stereocenters. The molecule has 2 aromatic rings. The summed E-state index contributed by atoms with van der Waals surface area (Å²) in [6.45, 7) is -0.0896. The van der Waals surface area contributed by atoms with Crippen molar-refractivity contribution in [2.75, 3.05) is 18.2 Å². The van der Waals surface area contributed by atoms with Gasteiger partial charge in [-0.05, 0) is 18.2 Å². The standard InChI is InChI=1S/C13H13ClN4O3/c1-21-13(20)12-10(15)6-18(17-12)7-11(19)16-9-4-2-3-8(14)5-9/h2-6H,7,15H2,1H3,(H,16,19). The maximum atomic E-state index is 11.9. The molecule has 0 spiro atoms. The topological polar surface area (TPSA) is 99.2 Å². The largest absolute Gasteiger partial charge is 0.464 e. The number of aromatic nitrogens is 2. The van der Waals surface area contributed by atoms with Crippen molar-refractivity contribution in [2.45, 2.75) is 6.54 Å². The number of amides is 1. The SMILES string of the molecule is COC(=O)c1nn(CC(=O)Nc2cccc(Cl)c2)cc1N. The van der Waals surface area contributed by atoms with Gasteiger partial charge in [0.25, 0.3) is 0 Å². The molecule has 8 heteroatoms. The molecule has 21 heavy (non-hydrogen) atoms. The summed E-state index contributed by atoms with van der Waals surface area (Å²) in [5, 5.41) is 7.09. The molecule has 0 aliphatic rings. The maximum absolute atomic E-state index is 11.9. The normalized spacial score (nSPS) is 10.2. The van der Waals surface area contributed by atoms with Gasteiger partial charge in [-0.15, -0.1) is 0 Å². The molecule has 0 aliphatic carbocycles. The van der Waals surface area contributed by atoms with Gasteiger partial charge in [-0.2, -0.15) is 5.10 Å². The molecule has 0 radical (unpaired) electrons. The van der Waals surface area contributed by atoms with E-state index in [0.29, 0.717) is 10.7 Å². The zero-order valence-electron chi connectivity index (χ0n) is 11.2. The van der Waals surface area contributed by atoms with Crippen LogP contribution in [0.4, 0.5) is 11.4 Å². The lowest BCUT2D eigenvalue weighted by Gasteiger charge is -2.05. The molecular weight excluding hydrogens is 296 g/mol. The van der Waals surface area contributed by atoms with Crippen LogP contribution in [0.3, 0.4) is 0 Å². The van der Waals surface area contributed by atoms with Crippen LogP contribution in [-0.2, 0) is 16.1 Å². The van der Waals surface area contributed by atoms with E-state index in [2.05, 4.69) is 15.2 Å². The van der Waals surface area contributed by atoms with Gasteiger partial charge in [0.15, 0.2) is 5.69 Å². The first-order valence-electron chi connectivity index (χ1n) is 5.96. The highest BCUT2D eigenvalue weighted by Crippen LogP contribution is 2.15. The van der Waals surface area contributed by atoms with E-state index in [4.69, 9.17) is 17.3 Å². The van der Waals surface area contributed by atoms with Crippen molar-refractivity contribution in [3.63, 3.8) is 0 Å². The maximum Gasteiger partial charge on any atom is 0.360 e. The smallest absolute Gasteiger partial charge is 0.360 e. The Morgan fingerprint density at radius 1 is 1.48 bits per heavy atom. The quantitative estimate of drug-likeness (QED) is 0.835. The van der Waals surface area contributed by atoms with Gasteiger partial charge < -0.3 is 15.8 Å². The fraction of sp³-hybridized carbons (Fsp3) is 0.154. The van der Waals surface area contributed by atoms with E-state index in [1.807, 2.05) is 0 Å². The van der Waals surface area contributed by atoms with Crippen molar-refractivity contribution in [2.24, 2.45) is 0 Å². The number of nitrogens with one attached hydrogen (secondary N) is 1. The van der Waals surface area contributed by atoms with Crippen molar-refractivity contribution in [1.29, 1.82) is 0 Å². The lowest BCUT2D eigenvalue weighted by atomic mass is 10.3. The number of nitrogens with two attached hydrogens (primary N) is 1. The van der Waals surface area contributed by atoms with Gasteiger partial charge in [-0.1, -0.05) is 17.7 Å². The van der Waals surface area contributed by atoms with E-state index in [-0.39, 0.29) is 23.8 Å². The summed E-state index contributed by atoms with van der Waals surface area (Å²) in [4.78, 5) is 23.2. The van der Waals surface area contributed by atoms with Crippen molar-refractivity contribution in [3.05, 3.63) is 41.2 Å². The lowest BCUT2D eigenvalue weighted by molar-refractivity contribution is -0.116. The zero-order valence-corrected chi connectivity index (χ0v) is 11.9. The van der Waals surface area contributed by atoms with Crippen molar-refractivity contribution in [3.8, 4) is 0 Å². The summed E-state index contributed by atoms with van der Waals surface area (Å²) in [6, 6.07) is 6.76. The van der Waals surface area contributed by atoms with Crippen LogP contribution in [0.15, 0.2) is 30.5 Å². The summed E-state index contributed by atoms with van der Waals surface area (Å²) in [5.41, 5.74) is 6.33. The summed E-state index contributed by atoms with van der Waals surface area (Å²) in [5.74, 6) is -0.974. The van der Waals surface area contributed by atoms with Crippen LogP contribution in [-0.4, -0.2) is 28.8 Å². The second kappa shape index (κ2) is 6.27. The van der Waals surface area contributed by atoms with Gasteiger partial charge in [-0.3, -0.25) is 9.48 Å². The number of methoxy groups -OCH3 is 1. The van der Waals surface area contributed by atoms with E-state index in [1.165, 1.54) is 18.0 Å². The molecule has 2 rings (SSSR count). The predicted molar refractivity (Wildman–Crippen MR) is 78.1 cm³/mol.